The van der Waals surface area contributed by atoms with Gasteiger partial charge in [-0.2, -0.15) is 5.26 Å². The summed E-state index contributed by atoms with van der Waals surface area (Å²) in [7, 11) is 0. The average Bonchev–Trinajstić information content (AvgIpc) is 2.08. The topological polar surface area (TPSA) is 36.7 Å². The van der Waals surface area contributed by atoms with Crippen molar-refractivity contribution in [2.24, 2.45) is 0 Å². The van der Waals surface area contributed by atoms with Gasteiger partial charge in [0.25, 0.3) is 6.43 Å². The Kier molecular flexibility index (Phi) is 2.52. The maximum absolute atomic E-state index is 13.0. The Balaban J connectivity index is 3.43. The minimum atomic E-state index is -3.01. The van der Waals surface area contributed by atoms with Gasteiger partial charge in [-0.25, -0.2) is 18.2 Å². The van der Waals surface area contributed by atoms with Crippen molar-refractivity contribution in [2.45, 2.75) is 13.3 Å². The van der Waals surface area contributed by atoms with Gasteiger partial charge in [0.05, 0.1) is 5.56 Å². The lowest BCUT2D eigenvalue weighted by molar-refractivity contribution is 0.145. The molecule has 0 aromatic carbocycles. The number of hydrogen-bond donors (Lipinski definition) is 0. The van der Waals surface area contributed by atoms with Gasteiger partial charge in [-0.1, -0.05) is 0 Å². The largest absolute Gasteiger partial charge is 0.269 e. The zero-order valence-corrected chi connectivity index (χ0v) is 6.68. The van der Waals surface area contributed by atoms with Gasteiger partial charge in [-0.15, -0.1) is 0 Å². The Morgan fingerprint density at radius 2 is 2.15 bits per heavy atom. The minimum Gasteiger partial charge on any atom is -0.245 e. The van der Waals surface area contributed by atoms with Crippen LogP contribution in [0.5, 0.6) is 0 Å². The summed E-state index contributed by atoms with van der Waals surface area (Å²) in [6, 6.07) is 1.41. The van der Waals surface area contributed by atoms with E-state index in [1.165, 1.54) is 13.0 Å². The highest BCUT2D eigenvalue weighted by atomic mass is 19.3. The van der Waals surface area contributed by atoms with Crippen LogP contribution >= 0.6 is 0 Å². The quantitative estimate of drug-likeness (QED) is 0.674. The van der Waals surface area contributed by atoms with Crippen molar-refractivity contribution in [3.8, 4) is 6.07 Å². The monoisotopic (exact) mass is 186 g/mol. The highest BCUT2D eigenvalue weighted by Crippen LogP contribution is 2.25. The van der Waals surface area contributed by atoms with Crippen LogP contribution in [0.3, 0.4) is 0 Å². The standard InChI is InChI=1S/C8H5F3N2/c1-4-3-13-5(2-12)6(7(4)9)8(10)11/h3,8H,1H3. The molecule has 0 saturated carbocycles. The number of aromatic nitrogens is 1. The molecule has 68 valence electrons. The molecule has 1 aromatic rings. The van der Waals surface area contributed by atoms with E-state index in [4.69, 9.17) is 5.26 Å². The molecule has 5 heteroatoms. The molecule has 1 rings (SSSR count). The second-order valence-corrected chi connectivity index (χ2v) is 2.43. The third-order valence-corrected chi connectivity index (χ3v) is 1.55. The maximum atomic E-state index is 13.0. The number of halogens is 3. The first kappa shape index (κ1) is 9.52. The van der Waals surface area contributed by atoms with Crippen LogP contribution < -0.4 is 0 Å². The highest BCUT2D eigenvalue weighted by Gasteiger charge is 2.20. The first-order valence-corrected chi connectivity index (χ1v) is 3.41. The summed E-state index contributed by atoms with van der Waals surface area (Å²) >= 11 is 0. The number of hydrogen-bond acceptors (Lipinski definition) is 2. The number of nitriles is 1. The van der Waals surface area contributed by atoms with Gasteiger partial charge in [0, 0.05) is 11.8 Å². The molecule has 1 aromatic heterocycles. The van der Waals surface area contributed by atoms with Gasteiger partial charge in [0.2, 0.25) is 0 Å². The van der Waals surface area contributed by atoms with Crippen LogP contribution in [0.15, 0.2) is 6.20 Å². The van der Waals surface area contributed by atoms with Crippen molar-refractivity contribution in [2.75, 3.05) is 0 Å². The first-order chi connectivity index (χ1) is 6.07. The molecule has 13 heavy (non-hydrogen) atoms. The zero-order chi connectivity index (χ0) is 10.0. The number of nitrogens with zero attached hydrogens (tertiary/aromatic N) is 2. The second kappa shape index (κ2) is 3.44. The summed E-state index contributed by atoms with van der Waals surface area (Å²) < 4.78 is 37.5. The van der Waals surface area contributed by atoms with E-state index in [9.17, 15) is 13.2 Å². The van der Waals surface area contributed by atoms with E-state index in [0.29, 0.717) is 0 Å². The Morgan fingerprint density at radius 3 is 2.62 bits per heavy atom. The number of aryl methyl sites for hydroxylation is 1. The number of rotatable bonds is 1. The van der Waals surface area contributed by atoms with Crippen LogP contribution in [0.4, 0.5) is 13.2 Å². The Labute approximate surface area is 72.6 Å². The molecule has 2 nitrogen and oxygen atoms in total. The van der Waals surface area contributed by atoms with Crippen LogP contribution in [0.25, 0.3) is 0 Å². The van der Waals surface area contributed by atoms with Crippen molar-refractivity contribution in [3.63, 3.8) is 0 Å². The van der Waals surface area contributed by atoms with Crippen LogP contribution in [-0.4, -0.2) is 4.98 Å². The van der Waals surface area contributed by atoms with Gasteiger partial charge in [0.15, 0.2) is 5.69 Å². The molecule has 0 unspecified atom stereocenters. The van der Waals surface area contributed by atoms with Crippen molar-refractivity contribution in [1.82, 2.24) is 4.98 Å². The van der Waals surface area contributed by atoms with Crippen LogP contribution in [0.2, 0.25) is 0 Å². The zero-order valence-electron chi connectivity index (χ0n) is 6.68. The Bertz CT molecular complexity index is 368. The Morgan fingerprint density at radius 1 is 1.54 bits per heavy atom. The molecular formula is C8H5F3N2. The summed E-state index contributed by atoms with van der Waals surface area (Å²) in [6.07, 6.45) is -1.96. The fourth-order valence-corrected chi connectivity index (χ4v) is 0.892. The maximum Gasteiger partial charge on any atom is 0.269 e. The lowest BCUT2D eigenvalue weighted by Crippen LogP contribution is -2.01. The van der Waals surface area contributed by atoms with Crippen LogP contribution in [-0.2, 0) is 0 Å². The fourth-order valence-electron chi connectivity index (χ4n) is 0.892. The molecule has 0 aliphatic rings. The predicted molar refractivity (Wildman–Crippen MR) is 38.6 cm³/mol. The van der Waals surface area contributed by atoms with Gasteiger partial charge in [-0.05, 0) is 6.92 Å². The lowest BCUT2D eigenvalue weighted by atomic mass is 10.1. The smallest absolute Gasteiger partial charge is 0.245 e. The number of pyridine rings is 1. The average molecular weight is 186 g/mol. The Hall–Kier alpha value is -1.57. The van der Waals surface area contributed by atoms with E-state index in [-0.39, 0.29) is 5.56 Å². The van der Waals surface area contributed by atoms with Crippen LogP contribution in [0.1, 0.15) is 23.2 Å². The molecule has 0 spiro atoms. The third-order valence-electron chi connectivity index (χ3n) is 1.55. The van der Waals surface area contributed by atoms with Crippen molar-refractivity contribution in [1.29, 1.82) is 5.26 Å². The molecule has 0 amide bonds. The minimum absolute atomic E-state index is 0.00861. The van der Waals surface area contributed by atoms with Gasteiger partial charge < -0.3 is 0 Å². The van der Waals surface area contributed by atoms with Crippen molar-refractivity contribution < 1.29 is 13.2 Å². The molecule has 0 atom stereocenters. The van der Waals surface area contributed by atoms with E-state index in [2.05, 4.69) is 4.98 Å². The summed E-state index contributed by atoms with van der Waals surface area (Å²) in [4.78, 5) is 3.40. The molecular weight excluding hydrogens is 181 g/mol. The van der Waals surface area contributed by atoms with Crippen molar-refractivity contribution in [3.05, 3.63) is 28.8 Å². The van der Waals surface area contributed by atoms with Gasteiger partial charge in [-0.3, -0.25) is 0 Å². The molecule has 0 bridgehead atoms. The summed E-state index contributed by atoms with van der Waals surface area (Å²) in [5.41, 5.74) is -1.46. The summed E-state index contributed by atoms with van der Waals surface area (Å²) in [6.45, 7) is 1.31. The predicted octanol–water partition coefficient (Wildman–Crippen LogP) is 2.34. The second-order valence-electron chi connectivity index (χ2n) is 2.43. The molecule has 0 radical (unpaired) electrons. The summed E-state index contributed by atoms with van der Waals surface area (Å²) in [5.74, 6) is -1.05. The summed E-state index contributed by atoms with van der Waals surface area (Å²) in [5, 5.41) is 8.37. The molecule has 0 N–H and O–H groups in total. The van der Waals surface area contributed by atoms with E-state index in [0.717, 1.165) is 6.20 Å². The first-order valence-electron chi connectivity index (χ1n) is 3.41. The lowest BCUT2D eigenvalue weighted by Gasteiger charge is -2.04. The highest BCUT2D eigenvalue weighted by molar-refractivity contribution is 5.35. The number of alkyl halides is 2. The normalized spacial score (nSPS) is 10.2. The van der Waals surface area contributed by atoms with E-state index >= 15 is 0 Å². The van der Waals surface area contributed by atoms with Gasteiger partial charge in [0.1, 0.15) is 11.9 Å². The molecule has 0 aliphatic carbocycles. The fraction of sp³-hybridized carbons (Fsp3) is 0.250. The van der Waals surface area contributed by atoms with E-state index < -0.39 is 23.5 Å². The SMILES string of the molecule is Cc1cnc(C#N)c(C(F)F)c1F. The van der Waals surface area contributed by atoms with Crippen LogP contribution in [0, 0.1) is 24.1 Å². The molecule has 0 fully saturated rings. The van der Waals surface area contributed by atoms with E-state index in [1.54, 1.807) is 0 Å². The van der Waals surface area contributed by atoms with Gasteiger partial charge >= 0.3 is 0 Å². The molecule has 1 heterocycles. The third kappa shape index (κ3) is 1.61. The van der Waals surface area contributed by atoms with E-state index in [1.807, 2.05) is 0 Å². The molecule has 0 saturated heterocycles. The molecule has 0 aliphatic heterocycles. The van der Waals surface area contributed by atoms with Crippen molar-refractivity contribution >= 4 is 0 Å².